The molecule has 2 aromatic rings. The maximum absolute atomic E-state index is 12.4. The van der Waals surface area contributed by atoms with Gasteiger partial charge in [-0.25, -0.2) is 9.78 Å². The fourth-order valence-corrected chi connectivity index (χ4v) is 2.87. The largest absolute Gasteiger partial charge is 0.444 e. The Balaban J connectivity index is 1.91. The van der Waals surface area contributed by atoms with Gasteiger partial charge in [0.05, 0.1) is 29.7 Å². The van der Waals surface area contributed by atoms with Crippen LogP contribution in [0.2, 0.25) is 0 Å². The molecule has 2 N–H and O–H groups in total. The lowest BCUT2D eigenvalue weighted by Gasteiger charge is -2.27. The van der Waals surface area contributed by atoms with E-state index in [1.165, 1.54) is 4.90 Å². The number of benzene rings is 1. The zero-order chi connectivity index (χ0) is 17.5. The van der Waals surface area contributed by atoms with Gasteiger partial charge in [0.2, 0.25) is 0 Å². The van der Waals surface area contributed by atoms with Crippen molar-refractivity contribution in [3.05, 3.63) is 29.6 Å². The second-order valence-corrected chi connectivity index (χ2v) is 7.04. The number of amides is 1. The van der Waals surface area contributed by atoms with Crippen LogP contribution in [-0.4, -0.2) is 44.3 Å². The minimum Gasteiger partial charge on any atom is -0.444 e. The summed E-state index contributed by atoms with van der Waals surface area (Å²) in [5.41, 5.74) is 1.75. The van der Waals surface area contributed by atoms with Gasteiger partial charge in [-0.2, -0.15) is 0 Å². The highest BCUT2D eigenvalue weighted by molar-refractivity contribution is 5.77. The topological polar surface area (TPSA) is 78.5 Å². The molecule has 6 heteroatoms. The highest BCUT2D eigenvalue weighted by atomic mass is 16.6. The van der Waals surface area contributed by atoms with Gasteiger partial charge in [-0.1, -0.05) is 5.92 Å². The Kier molecular flexibility index (Phi) is 3.98. The van der Waals surface area contributed by atoms with Crippen LogP contribution in [0.1, 0.15) is 44.6 Å². The lowest BCUT2D eigenvalue weighted by molar-refractivity contribution is 0.0201. The number of fused-ring (bicyclic) bond motifs is 1. The normalized spacial score (nSPS) is 21.0. The van der Waals surface area contributed by atoms with Gasteiger partial charge in [0, 0.05) is 12.0 Å². The van der Waals surface area contributed by atoms with Gasteiger partial charge in [-0.3, -0.25) is 4.90 Å². The monoisotopic (exact) mass is 327 g/mol. The van der Waals surface area contributed by atoms with E-state index in [1.807, 2.05) is 39.0 Å². The van der Waals surface area contributed by atoms with Gasteiger partial charge in [0.25, 0.3) is 0 Å². The van der Waals surface area contributed by atoms with Gasteiger partial charge in [-0.15, -0.1) is 6.42 Å². The standard InChI is InChI=1S/C18H21N3O3/c1-5-11-6-7-13-14(8-11)20-16(19-13)15-9-12(22)10-21(15)17(23)24-18(2,3)4/h1,6-8,12,15,22H,9-10H2,2-4H3,(H,19,20). The number of nitrogens with zero attached hydrogens (tertiary/aromatic N) is 2. The Bertz CT molecular complexity index is 813. The van der Waals surface area contributed by atoms with Gasteiger partial charge in [0.1, 0.15) is 11.4 Å². The molecular formula is C18H21N3O3. The number of aliphatic hydroxyl groups excluding tert-OH is 1. The van der Waals surface area contributed by atoms with Crippen molar-refractivity contribution in [2.24, 2.45) is 0 Å². The molecule has 2 unspecified atom stereocenters. The van der Waals surface area contributed by atoms with Crippen LogP contribution >= 0.6 is 0 Å². The summed E-state index contributed by atoms with van der Waals surface area (Å²) >= 11 is 0. The van der Waals surface area contributed by atoms with Crippen LogP contribution in [0.15, 0.2) is 18.2 Å². The van der Waals surface area contributed by atoms with E-state index < -0.39 is 17.8 Å². The van der Waals surface area contributed by atoms with E-state index in [4.69, 9.17) is 11.2 Å². The van der Waals surface area contributed by atoms with Gasteiger partial charge >= 0.3 is 6.09 Å². The minimum absolute atomic E-state index is 0.228. The molecule has 126 valence electrons. The van der Waals surface area contributed by atoms with E-state index in [0.717, 1.165) is 16.6 Å². The molecule has 0 bridgehead atoms. The fourth-order valence-electron chi connectivity index (χ4n) is 2.87. The summed E-state index contributed by atoms with van der Waals surface area (Å²) < 4.78 is 5.44. The molecule has 1 aliphatic heterocycles. The molecular weight excluding hydrogens is 306 g/mol. The van der Waals surface area contributed by atoms with E-state index in [1.54, 1.807) is 0 Å². The molecule has 1 fully saturated rings. The van der Waals surface area contributed by atoms with E-state index >= 15 is 0 Å². The second kappa shape index (κ2) is 5.84. The first kappa shape index (κ1) is 16.3. The van der Waals surface area contributed by atoms with E-state index in [-0.39, 0.29) is 12.6 Å². The molecule has 6 nitrogen and oxygen atoms in total. The van der Waals surface area contributed by atoms with Crippen molar-refractivity contribution in [2.75, 3.05) is 6.54 Å². The molecule has 1 aromatic heterocycles. The van der Waals surface area contributed by atoms with E-state index in [9.17, 15) is 9.90 Å². The number of aliphatic hydroxyl groups is 1. The molecule has 2 atom stereocenters. The van der Waals surface area contributed by atoms with Crippen molar-refractivity contribution in [3.63, 3.8) is 0 Å². The Morgan fingerprint density at radius 2 is 2.25 bits per heavy atom. The number of terminal acetylenes is 1. The van der Waals surface area contributed by atoms with Crippen molar-refractivity contribution < 1.29 is 14.6 Å². The molecule has 0 spiro atoms. The molecule has 1 aromatic carbocycles. The zero-order valence-corrected chi connectivity index (χ0v) is 14.0. The number of rotatable bonds is 1. The summed E-state index contributed by atoms with van der Waals surface area (Å²) in [4.78, 5) is 21.7. The predicted molar refractivity (Wildman–Crippen MR) is 90.3 cm³/mol. The Labute approximate surface area is 140 Å². The molecule has 0 saturated carbocycles. The third-order valence-electron chi connectivity index (χ3n) is 3.89. The maximum Gasteiger partial charge on any atom is 0.411 e. The van der Waals surface area contributed by atoms with Crippen molar-refractivity contribution in [1.29, 1.82) is 0 Å². The minimum atomic E-state index is -0.600. The van der Waals surface area contributed by atoms with Gasteiger partial charge in [0.15, 0.2) is 0 Å². The van der Waals surface area contributed by atoms with Crippen molar-refractivity contribution in [2.45, 2.75) is 44.9 Å². The molecule has 1 aliphatic rings. The second-order valence-electron chi connectivity index (χ2n) is 7.04. The highest BCUT2D eigenvalue weighted by Crippen LogP contribution is 2.33. The number of carbonyl (C=O) groups excluding carboxylic acids is 1. The number of imidazole rings is 1. The highest BCUT2D eigenvalue weighted by Gasteiger charge is 2.39. The number of ether oxygens (including phenoxy) is 1. The number of nitrogens with one attached hydrogen (secondary N) is 1. The summed E-state index contributed by atoms with van der Waals surface area (Å²) in [7, 11) is 0. The summed E-state index contributed by atoms with van der Waals surface area (Å²) in [5.74, 6) is 3.21. The quantitative estimate of drug-likeness (QED) is 0.789. The maximum atomic E-state index is 12.4. The van der Waals surface area contributed by atoms with Gasteiger partial charge in [-0.05, 0) is 39.0 Å². The van der Waals surface area contributed by atoms with Crippen molar-refractivity contribution in [1.82, 2.24) is 14.9 Å². The number of H-pyrrole nitrogens is 1. The molecule has 0 aliphatic carbocycles. The third-order valence-corrected chi connectivity index (χ3v) is 3.89. The predicted octanol–water partition coefficient (Wildman–Crippen LogP) is 2.59. The van der Waals surface area contributed by atoms with Crippen molar-refractivity contribution in [3.8, 4) is 12.3 Å². The van der Waals surface area contributed by atoms with Crippen LogP contribution in [-0.2, 0) is 4.74 Å². The lowest BCUT2D eigenvalue weighted by Crippen LogP contribution is -2.37. The first-order valence-corrected chi connectivity index (χ1v) is 7.91. The fraction of sp³-hybridized carbons (Fsp3) is 0.444. The SMILES string of the molecule is C#Cc1ccc2nc(C3CC(O)CN3C(=O)OC(C)(C)C)[nH]c2c1. The number of carbonyl (C=O) groups is 1. The lowest BCUT2D eigenvalue weighted by atomic mass is 10.2. The first-order chi connectivity index (χ1) is 11.3. The molecule has 3 rings (SSSR count). The zero-order valence-electron chi connectivity index (χ0n) is 14.0. The van der Waals surface area contributed by atoms with Crippen LogP contribution in [0.3, 0.4) is 0 Å². The third kappa shape index (κ3) is 3.22. The van der Waals surface area contributed by atoms with Crippen LogP contribution in [0, 0.1) is 12.3 Å². The number of aromatic nitrogens is 2. The van der Waals surface area contributed by atoms with Crippen LogP contribution in [0.25, 0.3) is 11.0 Å². The molecule has 24 heavy (non-hydrogen) atoms. The van der Waals surface area contributed by atoms with Gasteiger partial charge < -0.3 is 14.8 Å². The Morgan fingerprint density at radius 1 is 1.50 bits per heavy atom. The summed E-state index contributed by atoms with van der Waals surface area (Å²) in [5, 5.41) is 10.0. The summed E-state index contributed by atoms with van der Waals surface area (Å²) in [6, 6.07) is 5.15. The van der Waals surface area contributed by atoms with Crippen LogP contribution in [0.5, 0.6) is 0 Å². The molecule has 0 radical (unpaired) electrons. The number of hydrogen-bond donors (Lipinski definition) is 2. The average Bonchev–Trinajstić information content (AvgIpc) is 3.07. The molecule has 1 saturated heterocycles. The Hall–Kier alpha value is -2.52. The van der Waals surface area contributed by atoms with Crippen molar-refractivity contribution >= 4 is 17.1 Å². The number of β-amino-alcohol motifs (C(OH)–C–C–N with tert-alkyl or cyclic N) is 1. The first-order valence-electron chi connectivity index (χ1n) is 7.91. The van der Waals surface area contributed by atoms with Crippen LogP contribution in [0.4, 0.5) is 4.79 Å². The molecule has 1 amide bonds. The Morgan fingerprint density at radius 3 is 2.92 bits per heavy atom. The van der Waals surface area contributed by atoms with E-state index in [0.29, 0.717) is 12.2 Å². The number of hydrogen-bond acceptors (Lipinski definition) is 4. The number of likely N-dealkylation sites (tertiary alicyclic amines) is 1. The number of aromatic amines is 1. The van der Waals surface area contributed by atoms with Crippen LogP contribution < -0.4 is 0 Å². The summed E-state index contributed by atoms with van der Waals surface area (Å²) in [6.07, 6.45) is 4.79. The smallest absolute Gasteiger partial charge is 0.411 e. The molecule has 2 heterocycles. The average molecular weight is 327 g/mol. The van der Waals surface area contributed by atoms with E-state index in [2.05, 4.69) is 15.9 Å². The summed E-state index contributed by atoms with van der Waals surface area (Å²) in [6.45, 7) is 5.67.